The smallest absolute Gasteiger partial charge is 0.325 e. The summed E-state index contributed by atoms with van der Waals surface area (Å²) in [6.45, 7) is 6.93. The quantitative estimate of drug-likeness (QED) is 0.771. The topological polar surface area (TPSA) is 79.7 Å². The molecule has 2 fully saturated rings. The van der Waals surface area contributed by atoms with Crippen LogP contribution in [-0.2, 0) is 9.53 Å². The molecule has 0 aliphatic carbocycles. The number of ether oxygens (including phenoxy) is 1. The van der Waals surface area contributed by atoms with Crippen LogP contribution in [0.2, 0.25) is 0 Å². The van der Waals surface area contributed by atoms with Gasteiger partial charge in [0.15, 0.2) is 0 Å². The highest BCUT2D eigenvalue weighted by Gasteiger charge is 2.42. The van der Waals surface area contributed by atoms with Gasteiger partial charge in [0.05, 0.1) is 31.1 Å². The Morgan fingerprint density at radius 2 is 1.93 bits per heavy atom. The van der Waals surface area contributed by atoms with Gasteiger partial charge in [-0.1, -0.05) is 0 Å². The Hall–Kier alpha value is -2.78. The summed E-state index contributed by atoms with van der Waals surface area (Å²) in [5.41, 5.74) is 2.27. The van der Waals surface area contributed by atoms with Gasteiger partial charge in [-0.2, -0.15) is 5.10 Å². The first-order valence-corrected chi connectivity index (χ1v) is 9.70. The van der Waals surface area contributed by atoms with Crippen LogP contribution in [0, 0.1) is 12.7 Å². The molecule has 8 nitrogen and oxygen atoms in total. The lowest BCUT2D eigenvalue weighted by Crippen LogP contribution is -2.46. The van der Waals surface area contributed by atoms with Crippen molar-refractivity contribution in [2.24, 2.45) is 0 Å². The number of hydrogen-bond donors (Lipinski definition) is 1. The van der Waals surface area contributed by atoms with E-state index in [0.29, 0.717) is 25.4 Å². The van der Waals surface area contributed by atoms with E-state index in [1.165, 1.54) is 17.0 Å². The summed E-state index contributed by atoms with van der Waals surface area (Å²) >= 11 is 0. The Kier molecular flexibility index (Phi) is 5.33. The molecule has 2 unspecified atom stereocenters. The number of urea groups is 1. The van der Waals surface area contributed by atoms with Crippen molar-refractivity contribution in [1.82, 2.24) is 24.9 Å². The maximum absolute atomic E-state index is 13.2. The Morgan fingerprint density at radius 3 is 2.62 bits per heavy atom. The lowest BCUT2D eigenvalue weighted by molar-refractivity contribution is -0.129. The third kappa shape index (κ3) is 3.75. The summed E-state index contributed by atoms with van der Waals surface area (Å²) in [4.78, 5) is 28.9. The van der Waals surface area contributed by atoms with Gasteiger partial charge in [0.2, 0.25) is 0 Å². The molecule has 2 aromatic rings. The van der Waals surface area contributed by atoms with Crippen LogP contribution in [0.5, 0.6) is 0 Å². The fraction of sp³-hybridized carbons (Fsp3) is 0.450. The van der Waals surface area contributed by atoms with E-state index >= 15 is 0 Å². The maximum Gasteiger partial charge on any atom is 0.325 e. The van der Waals surface area contributed by atoms with Crippen LogP contribution in [0.3, 0.4) is 0 Å². The summed E-state index contributed by atoms with van der Waals surface area (Å²) < 4.78 is 20.2. The molecule has 1 N–H and O–H groups in total. The first-order chi connectivity index (χ1) is 14.0. The van der Waals surface area contributed by atoms with E-state index in [9.17, 15) is 14.0 Å². The Morgan fingerprint density at radius 1 is 1.24 bits per heavy atom. The molecule has 4 rings (SSSR count). The van der Waals surface area contributed by atoms with Crippen LogP contribution in [0.1, 0.15) is 24.2 Å². The van der Waals surface area contributed by atoms with Gasteiger partial charge >= 0.3 is 6.03 Å². The lowest BCUT2D eigenvalue weighted by Gasteiger charge is -2.28. The Balaban J connectivity index is 1.51. The second kappa shape index (κ2) is 7.92. The van der Waals surface area contributed by atoms with Crippen molar-refractivity contribution in [1.29, 1.82) is 0 Å². The minimum atomic E-state index is -0.560. The van der Waals surface area contributed by atoms with Crippen molar-refractivity contribution < 1.29 is 18.7 Å². The van der Waals surface area contributed by atoms with Crippen molar-refractivity contribution in [3.05, 3.63) is 47.5 Å². The standard InChI is InChI=1S/C20H24FN5O3/c1-13(17-11-22-26(14(17)2)16-5-3-15(21)4-6-16)25-19(27)18(23-20(25)28)12-24-7-9-29-10-8-24/h3-6,11,13,18H,7-10,12H2,1-2H3,(H,23,28). The molecule has 3 heterocycles. The van der Waals surface area contributed by atoms with Gasteiger partial charge < -0.3 is 10.1 Å². The van der Waals surface area contributed by atoms with Crippen LogP contribution in [-0.4, -0.2) is 70.4 Å². The van der Waals surface area contributed by atoms with Gasteiger partial charge in [-0.15, -0.1) is 0 Å². The summed E-state index contributed by atoms with van der Waals surface area (Å²) in [7, 11) is 0. The first kappa shape index (κ1) is 19.5. The second-order valence-electron chi connectivity index (χ2n) is 7.37. The molecule has 29 heavy (non-hydrogen) atoms. The molecule has 0 spiro atoms. The fourth-order valence-electron chi connectivity index (χ4n) is 3.89. The predicted molar refractivity (Wildman–Crippen MR) is 103 cm³/mol. The maximum atomic E-state index is 13.2. The highest BCUT2D eigenvalue weighted by Crippen LogP contribution is 2.28. The highest BCUT2D eigenvalue weighted by molar-refractivity contribution is 6.04. The number of carbonyl (C=O) groups excluding carboxylic acids is 2. The largest absolute Gasteiger partial charge is 0.379 e. The van der Waals surface area contributed by atoms with E-state index in [1.807, 2.05) is 13.8 Å². The summed E-state index contributed by atoms with van der Waals surface area (Å²) in [5, 5.41) is 7.18. The van der Waals surface area contributed by atoms with Crippen molar-refractivity contribution in [3.8, 4) is 5.69 Å². The molecule has 2 aliphatic rings. The molecule has 2 aliphatic heterocycles. The summed E-state index contributed by atoms with van der Waals surface area (Å²) in [5.74, 6) is -0.555. The third-order valence-electron chi connectivity index (χ3n) is 5.55. The predicted octanol–water partition coefficient (Wildman–Crippen LogP) is 1.63. The molecule has 0 bridgehead atoms. The van der Waals surface area contributed by atoms with Crippen LogP contribution in [0.15, 0.2) is 30.5 Å². The van der Waals surface area contributed by atoms with E-state index < -0.39 is 18.1 Å². The second-order valence-corrected chi connectivity index (χ2v) is 7.37. The Bertz CT molecular complexity index is 907. The van der Waals surface area contributed by atoms with Crippen molar-refractivity contribution in [2.45, 2.75) is 25.9 Å². The number of benzene rings is 1. The van der Waals surface area contributed by atoms with Gasteiger partial charge in [-0.25, -0.2) is 13.9 Å². The number of amides is 3. The van der Waals surface area contributed by atoms with Crippen LogP contribution >= 0.6 is 0 Å². The number of halogens is 1. The van der Waals surface area contributed by atoms with E-state index in [-0.39, 0.29) is 11.7 Å². The summed E-state index contributed by atoms with van der Waals surface area (Å²) in [6, 6.07) is 4.59. The monoisotopic (exact) mass is 401 g/mol. The lowest BCUT2D eigenvalue weighted by atomic mass is 10.1. The number of aromatic nitrogens is 2. The number of nitrogens with one attached hydrogen (secondary N) is 1. The SMILES string of the molecule is Cc1c(C(C)N2C(=O)NC(CN3CCOCC3)C2=O)cnn1-c1ccc(F)cc1. The molecule has 1 aromatic carbocycles. The zero-order chi connectivity index (χ0) is 20.5. The average Bonchev–Trinajstić information content (AvgIpc) is 3.22. The molecule has 154 valence electrons. The number of nitrogens with zero attached hydrogens (tertiary/aromatic N) is 4. The van der Waals surface area contributed by atoms with E-state index in [1.54, 1.807) is 23.0 Å². The molecule has 3 amide bonds. The van der Waals surface area contributed by atoms with E-state index in [4.69, 9.17) is 4.74 Å². The number of rotatable bonds is 5. The first-order valence-electron chi connectivity index (χ1n) is 9.70. The molecule has 0 radical (unpaired) electrons. The van der Waals surface area contributed by atoms with Gasteiger partial charge in [0, 0.05) is 30.9 Å². The summed E-state index contributed by atoms with van der Waals surface area (Å²) in [6.07, 6.45) is 1.65. The molecule has 2 atom stereocenters. The van der Waals surface area contributed by atoms with E-state index in [0.717, 1.165) is 24.3 Å². The van der Waals surface area contributed by atoms with Crippen molar-refractivity contribution in [3.63, 3.8) is 0 Å². The van der Waals surface area contributed by atoms with Gasteiger partial charge in [0.1, 0.15) is 11.9 Å². The minimum Gasteiger partial charge on any atom is -0.379 e. The number of hydrogen-bond acceptors (Lipinski definition) is 5. The van der Waals surface area contributed by atoms with E-state index in [2.05, 4.69) is 15.3 Å². The normalized spacial score (nSPS) is 21.5. The zero-order valence-electron chi connectivity index (χ0n) is 16.5. The Labute approximate surface area is 168 Å². The highest BCUT2D eigenvalue weighted by atomic mass is 19.1. The molecule has 2 saturated heterocycles. The third-order valence-corrected chi connectivity index (χ3v) is 5.55. The van der Waals surface area contributed by atoms with Crippen molar-refractivity contribution >= 4 is 11.9 Å². The van der Waals surface area contributed by atoms with Crippen molar-refractivity contribution in [2.75, 3.05) is 32.8 Å². The minimum absolute atomic E-state index is 0.233. The van der Waals surface area contributed by atoms with Crippen LogP contribution in [0.25, 0.3) is 5.69 Å². The average molecular weight is 401 g/mol. The zero-order valence-corrected chi connectivity index (χ0v) is 16.5. The molecular formula is C20H24FN5O3. The van der Waals surface area contributed by atoms with Gasteiger partial charge in [0.25, 0.3) is 5.91 Å². The number of imide groups is 1. The molecule has 1 aromatic heterocycles. The van der Waals surface area contributed by atoms with Crippen LogP contribution < -0.4 is 5.32 Å². The van der Waals surface area contributed by atoms with Gasteiger partial charge in [-0.05, 0) is 38.1 Å². The molecule has 9 heteroatoms. The number of morpholine rings is 1. The fourth-order valence-corrected chi connectivity index (χ4v) is 3.89. The molecule has 0 saturated carbocycles. The molecular weight excluding hydrogens is 377 g/mol. The van der Waals surface area contributed by atoms with Crippen LogP contribution in [0.4, 0.5) is 9.18 Å². The van der Waals surface area contributed by atoms with Gasteiger partial charge in [-0.3, -0.25) is 14.6 Å². The number of carbonyl (C=O) groups is 2.